The zero-order valence-corrected chi connectivity index (χ0v) is 24.7. The number of piperidine rings is 1. The van der Waals surface area contributed by atoms with Crippen LogP contribution in [-0.4, -0.2) is 40.8 Å². The number of hydrogen-bond acceptors (Lipinski definition) is 6. The van der Waals surface area contributed by atoms with E-state index in [2.05, 4.69) is 47.9 Å². The molecule has 0 atom stereocenters. The van der Waals surface area contributed by atoms with Gasteiger partial charge in [-0.1, -0.05) is 35.3 Å². The molecule has 0 radical (unpaired) electrons. The Bertz CT molecular complexity index is 1630. The number of aryl methyl sites for hydroxylation is 1. The normalized spacial score (nSPS) is 17.3. The lowest BCUT2D eigenvalue weighted by Gasteiger charge is -2.46. The Morgan fingerprint density at radius 2 is 1.67 bits per heavy atom. The first-order valence-electron chi connectivity index (χ1n) is 12.6. The summed E-state index contributed by atoms with van der Waals surface area (Å²) in [5.74, 6) is 0.535. The number of rotatable bonds is 6. The van der Waals surface area contributed by atoms with Gasteiger partial charge in [-0.05, 0) is 71.0 Å². The van der Waals surface area contributed by atoms with Gasteiger partial charge in [0.25, 0.3) is 10.0 Å². The number of anilines is 1. The second kappa shape index (κ2) is 9.96. The Kier molecular flexibility index (Phi) is 7.08. The second-order valence-electron chi connectivity index (χ2n) is 11.4. The molecule has 0 bridgehead atoms. The molecule has 3 N–H and O–H groups in total. The zero-order chi connectivity index (χ0) is 28.2. The first-order valence-corrected chi connectivity index (χ1v) is 14.9. The number of benzene rings is 2. The Balaban J connectivity index is 1.44. The van der Waals surface area contributed by atoms with Crippen LogP contribution >= 0.6 is 23.2 Å². The van der Waals surface area contributed by atoms with E-state index in [1.807, 2.05) is 13.0 Å². The third kappa shape index (κ3) is 6.01. The number of fused-ring (bicyclic) bond motifs is 1. The molecule has 0 saturated carbocycles. The van der Waals surface area contributed by atoms with Gasteiger partial charge in [-0.2, -0.15) is 5.10 Å². The summed E-state index contributed by atoms with van der Waals surface area (Å²) in [7, 11) is -3.93. The van der Waals surface area contributed by atoms with E-state index in [-0.39, 0.29) is 32.1 Å². The highest BCUT2D eigenvalue weighted by Gasteiger charge is 2.39. The number of nitrogens with zero attached hydrogens (tertiary/aromatic N) is 2. The van der Waals surface area contributed by atoms with Crippen LogP contribution in [0.3, 0.4) is 0 Å². The number of aromatic amines is 1. The number of H-pyrrole nitrogens is 1. The third-order valence-electron chi connectivity index (χ3n) is 6.73. The minimum Gasteiger partial charge on any atom is -0.474 e. The Morgan fingerprint density at radius 3 is 2.33 bits per heavy atom. The molecule has 3 heterocycles. The van der Waals surface area contributed by atoms with Crippen LogP contribution in [-0.2, 0) is 10.0 Å². The van der Waals surface area contributed by atoms with Gasteiger partial charge in [0.1, 0.15) is 11.0 Å². The zero-order valence-electron chi connectivity index (χ0n) is 22.4. The van der Waals surface area contributed by atoms with Crippen molar-refractivity contribution in [3.63, 3.8) is 0 Å². The molecule has 0 spiro atoms. The van der Waals surface area contributed by atoms with E-state index in [1.165, 1.54) is 18.2 Å². The van der Waals surface area contributed by atoms with Crippen molar-refractivity contribution in [2.45, 2.75) is 69.5 Å². The van der Waals surface area contributed by atoms with E-state index in [1.54, 1.807) is 24.3 Å². The molecule has 1 aliphatic heterocycles. The van der Waals surface area contributed by atoms with E-state index >= 15 is 0 Å². The molecule has 0 aliphatic carbocycles. The minimum absolute atomic E-state index is 0.0217. The molecule has 5 rings (SSSR count). The fourth-order valence-corrected chi connectivity index (χ4v) is 7.28. The Labute approximate surface area is 238 Å². The van der Waals surface area contributed by atoms with E-state index in [0.29, 0.717) is 17.3 Å². The highest BCUT2D eigenvalue weighted by Crippen LogP contribution is 2.36. The molecule has 8 nitrogen and oxygen atoms in total. The van der Waals surface area contributed by atoms with Crippen LogP contribution in [0.1, 0.15) is 46.2 Å². The number of sulfonamides is 1. The molecule has 0 unspecified atom stereocenters. The third-order valence-corrected chi connectivity index (χ3v) is 8.83. The van der Waals surface area contributed by atoms with Crippen molar-refractivity contribution < 1.29 is 13.2 Å². The summed E-state index contributed by atoms with van der Waals surface area (Å²) < 4.78 is 34.9. The van der Waals surface area contributed by atoms with Gasteiger partial charge in [0.15, 0.2) is 0 Å². The summed E-state index contributed by atoms with van der Waals surface area (Å²) in [4.78, 5) is 4.80. The number of aromatic nitrogens is 3. The van der Waals surface area contributed by atoms with Crippen molar-refractivity contribution in [1.29, 1.82) is 0 Å². The van der Waals surface area contributed by atoms with Crippen LogP contribution in [0.4, 0.5) is 5.69 Å². The van der Waals surface area contributed by atoms with Gasteiger partial charge in [-0.25, -0.2) is 13.4 Å². The average Bonchev–Trinajstić information content (AvgIpc) is 3.19. The quantitative estimate of drug-likeness (QED) is 0.231. The van der Waals surface area contributed by atoms with Crippen molar-refractivity contribution >= 4 is 49.8 Å². The van der Waals surface area contributed by atoms with E-state index in [0.717, 1.165) is 35.0 Å². The Morgan fingerprint density at radius 1 is 1.00 bits per heavy atom. The van der Waals surface area contributed by atoms with Crippen molar-refractivity contribution in [3.8, 4) is 17.1 Å². The first-order chi connectivity index (χ1) is 18.2. The SMILES string of the molecule is Cc1[nH]nc2cc(-c3ccc(NS(=O)(=O)c4cc(Cl)ccc4Cl)cc3)nc(OC3CC(C)(C)NC(C)(C)C3)c12. The van der Waals surface area contributed by atoms with Crippen molar-refractivity contribution in [2.24, 2.45) is 0 Å². The van der Waals surface area contributed by atoms with Gasteiger partial charge < -0.3 is 10.1 Å². The molecule has 0 amide bonds. The van der Waals surface area contributed by atoms with Crippen LogP contribution in [0.5, 0.6) is 5.88 Å². The molecule has 11 heteroatoms. The maximum atomic E-state index is 12.9. The highest BCUT2D eigenvalue weighted by molar-refractivity contribution is 7.92. The summed E-state index contributed by atoms with van der Waals surface area (Å²) >= 11 is 12.1. The lowest BCUT2D eigenvalue weighted by molar-refractivity contribution is 0.0541. The van der Waals surface area contributed by atoms with Crippen molar-refractivity contribution in [2.75, 3.05) is 4.72 Å². The molecule has 1 fully saturated rings. The lowest BCUT2D eigenvalue weighted by Crippen LogP contribution is -2.60. The standard InChI is InChI=1S/C28H31Cl2N5O3S/c1-16-25-23(33-32-16)13-22(31-26(25)38-20-14-27(2,3)35-28(4,5)15-20)17-6-9-19(10-7-17)34-39(36,37)24-12-18(29)8-11-21(24)30/h6-13,20,34-35H,14-15H2,1-5H3,(H,32,33). The summed E-state index contributed by atoms with van der Waals surface area (Å²) in [6, 6.07) is 13.1. The van der Waals surface area contributed by atoms with Crippen LogP contribution in [0.15, 0.2) is 53.4 Å². The van der Waals surface area contributed by atoms with Crippen LogP contribution < -0.4 is 14.8 Å². The first kappa shape index (κ1) is 27.7. The largest absolute Gasteiger partial charge is 0.474 e. The molecule has 1 saturated heterocycles. The number of hydrogen-bond donors (Lipinski definition) is 3. The molecular weight excluding hydrogens is 557 g/mol. The van der Waals surface area contributed by atoms with Crippen LogP contribution in [0.25, 0.3) is 22.2 Å². The van der Waals surface area contributed by atoms with E-state index in [4.69, 9.17) is 32.9 Å². The average molecular weight is 589 g/mol. The topological polar surface area (TPSA) is 109 Å². The molecule has 39 heavy (non-hydrogen) atoms. The predicted octanol–water partition coefficient (Wildman–Crippen LogP) is 6.73. The monoisotopic (exact) mass is 587 g/mol. The summed E-state index contributed by atoms with van der Waals surface area (Å²) in [6.07, 6.45) is 1.66. The molecule has 4 aromatic rings. The van der Waals surface area contributed by atoms with Gasteiger partial charge in [-0.15, -0.1) is 0 Å². The number of pyridine rings is 1. The molecule has 1 aliphatic rings. The van der Waals surface area contributed by atoms with Gasteiger partial charge in [-0.3, -0.25) is 9.82 Å². The maximum Gasteiger partial charge on any atom is 0.263 e. The van der Waals surface area contributed by atoms with Crippen LogP contribution in [0, 0.1) is 6.92 Å². The van der Waals surface area contributed by atoms with Crippen molar-refractivity contribution in [3.05, 3.63) is 64.3 Å². The smallest absolute Gasteiger partial charge is 0.263 e. The van der Waals surface area contributed by atoms with Gasteiger partial charge in [0.2, 0.25) is 5.88 Å². The molecule has 206 valence electrons. The van der Waals surface area contributed by atoms with Crippen LogP contribution in [0.2, 0.25) is 10.0 Å². The molecule has 2 aromatic heterocycles. The van der Waals surface area contributed by atoms with E-state index in [9.17, 15) is 8.42 Å². The minimum atomic E-state index is -3.93. The fourth-order valence-electron chi connectivity index (χ4n) is 5.45. The van der Waals surface area contributed by atoms with Gasteiger partial charge >= 0.3 is 0 Å². The molecular formula is C28H31Cl2N5O3S. The fraction of sp³-hybridized carbons (Fsp3) is 0.357. The lowest BCUT2D eigenvalue weighted by atomic mass is 9.81. The predicted molar refractivity (Wildman–Crippen MR) is 156 cm³/mol. The summed E-state index contributed by atoms with van der Waals surface area (Å²) in [6.45, 7) is 10.7. The summed E-state index contributed by atoms with van der Waals surface area (Å²) in [5.41, 5.74) is 3.32. The maximum absolute atomic E-state index is 12.9. The molecule has 2 aromatic carbocycles. The second-order valence-corrected chi connectivity index (χ2v) is 13.8. The number of ether oxygens (including phenoxy) is 1. The van der Waals surface area contributed by atoms with Gasteiger partial charge in [0.05, 0.1) is 21.6 Å². The van der Waals surface area contributed by atoms with Gasteiger partial charge in [0, 0.05) is 45.9 Å². The number of halogens is 2. The van der Waals surface area contributed by atoms with Crippen molar-refractivity contribution in [1.82, 2.24) is 20.5 Å². The summed E-state index contributed by atoms with van der Waals surface area (Å²) in [5, 5.41) is 12.4. The van der Waals surface area contributed by atoms with E-state index < -0.39 is 10.0 Å². The number of nitrogens with one attached hydrogen (secondary N) is 3. The highest BCUT2D eigenvalue weighted by atomic mass is 35.5. The Hall–Kier alpha value is -2.85.